The van der Waals surface area contributed by atoms with Gasteiger partial charge in [-0.05, 0) is 75.0 Å². The minimum Gasteiger partial charge on any atom is -0.496 e. The second-order valence-electron chi connectivity index (χ2n) is 8.24. The lowest BCUT2D eigenvalue weighted by molar-refractivity contribution is 0.104. The summed E-state index contributed by atoms with van der Waals surface area (Å²) in [6.45, 7) is 7.89. The van der Waals surface area contributed by atoms with Crippen molar-refractivity contribution in [3.05, 3.63) is 57.6 Å². The number of hydrogen-bond donors (Lipinski definition) is 0. The van der Waals surface area contributed by atoms with E-state index in [9.17, 15) is 9.59 Å². The molecular weight excluding hydrogens is 395 g/mol. The summed E-state index contributed by atoms with van der Waals surface area (Å²) in [5, 5.41) is 0. The van der Waals surface area contributed by atoms with Crippen LogP contribution >= 0.6 is 7.92 Å². The van der Waals surface area contributed by atoms with Crippen LogP contribution in [0.15, 0.2) is 24.3 Å². The molecule has 1 fully saturated rings. The molecule has 1 saturated carbocycles. The van der Waals surface area contributed by atoms with Crippen molar-refractivity contribution in [1.29, 1.82) is 0 Å². The van der Waals surface area contributed by atoms with Crippen molar-refractivity contribution in [2.45, 2.75) is 59.0 Å². The van der Waals surface area contributed by atoms with Crippen LogP contribution in [-0.2, 0) is 0 Å². The first-order valence-corrected chi connectivity index (χ1v) is 11.9. The molecule has 160 valence electrons. The van der Waals surface area contributed by atoms with E-state index in [1.54, 1.807) is 14.2 Å². The molecule has 0 radical (unpaired) electrons. The van der Waals surface area contributed by atoms with Gasteiger partial charge in [0.15, 0.2) is 11.0 Å². The number of carbonyl (C=O) groups excluding carboxylic acids is 2. The minimum absolute atomic E-state index is 0.0124. The molecule has 0 spiro atoms. The molecule has 0 heterocycles. The molecule has 0 aliphatic heterocycles. The van der Waals surface area contributed by atoms with Gasteiger partial charge in [0.25, 0.3) is 0 Å². The number of ether oxygens (including phenoxy) is 2. The molecule has 0 bridgehead atoms. The molecule has 1 unspecified atom stereocenters. The molecule has 1 aliphatic carbocycles. The van der Waals surface area contributed by atoms with E-state index in [1.807, 2.05) is 52.0 Å². The van der Waals surface area contributed by atoms with Gasteiger partial charge in [0.1, 0.15) is 17.1 Å². The third-order valence-electron chi connectivity index (χ3n) is 5.88. The van der Waals surface area contributed by atoms with Crippen LogP contribution in [0.5, 0.6) is 11.5 Å². The molecule has 0 amide bonds. The van der Waals surface area contributed by atoms with Gasteiger partial charge in [-0.15, -0.1) is 0 Å². The topological polar surface area (TPSA) is 52.6 Å². The van der Waals surface area contributed by atoms with E-state index in [4.69, 9.17) is 9.47 Å². The van der Waals surface area contributed by atoms with E-state index in [0.717, 1.165) is 47.9 Å². The summed E-state index contributed by atoms with van der Waals surface area (Å²) in [6, 6.07) is 7.73. The largest absolute Gasteiger partial charge is 0.496 e. The Bertz CT molecular complexity index is 925. The molecule has 0 saturated heterocycles. The van der Waals surface area contributed by atoms with Crippen LogP contribution in [0.3, 0.4) is 0 Å². The van der Waals surface area contributed by atoms with E-state index in [-0.39, 0.29) is 16.7 Å². The van der Waals surface area contributed by atoms with Crippen LogP contribution in [0.2, 0.25) is 0 Å². The summed E-state index contributed by atoms with van der Waals surface area (Å²) in [7, 11) is 1.54. The van der Waals surface area contributed by atoms with Gasteiger partial charge in [0, 0.05) is 13.5 Å². The highest BCUT2D eigenvalue weighted by Crippen LogP contribution is 2.56. The monoisotopic (exact) mass is 426 g/mol. The van der Waals surface area contributed by atoms with Gasteiger partial charge in [0.05, 0.1) is 14.2 Å². The SMILES string of the molecule is COc1cc(C)cc(OC)c1C(=O)P(C(=O)c1c(C)cc(C)cc1C)C1CCCC1. The first-order chi connectivity index (χ1) is 14.3. The molecule has 30 heavy (non-hydrogen) atoms. The van der Waals surface area contributed by atoms with Gasteiger partial charge in [0.2, 0.25) is 0 Å². The average Bonchev–Trinajstić information content (AvgIpc) is 3.20. The molecule has 1 aliphatic rings. The second kappa shape index (κ2) is 9.31. The standard InChI is InChI=1S/C25H31O4P/c1-15-11-17(3)22(18(4)12-15)24(26)30(19-9-7-8-10-19)25(27)23-20(28-5)13-16(2)14-21(23)29-6/h11-14,19H,7-10H2,1-6H3. The minimum atomic E-state index is -1.57. The molecule has 0 N–H and O–H groups in total. The third-order valence-corrected chi connectivity index (χ3v) is 8.45. The highest BCUT2D eigenvalue weighted by molar-refractivity contribution is 7.90. The van der Waals surface area contributed by atoms with Crippen molar-refractivity contribution >= 4 is 19.0 Å². The van der Waals surface area contributed by atoms with Crippen molar-refractivity contribution in [3.8, 4) is 11.5 Å². The lowest BCUT2D eigenvalue weighted by Gasteiger charge is -2.25. The van der Waals surface area contributed by atoms with Gasteiger partial charge in [-0.2, -0.15) is 0 Å². The Labute approximate surface area is 180 Å². The van der Waals surface area contributed by atoms with E-state index < -0.39 is 7.92 Å². The fourth-order valence-corrected chi connectivity index (χ4v) is 7.38. The Kier molecular flexibility index (Phi) is 6.98. The zero-order chi connectivity index (χ0) is 22.0. The predicted octanol–water partition coefficient (Wildman–Crippen LogP) is 6.34. The summed E-state index contributed by atoms with van der Waals surface area (Å²) in [5.41, 5.74) is 5.03. The zero-order valence-electron chi connectivity index (χ0n) is 18.8. The molecular formula is C25H31O4P. The van der Waals surface area contributed by atoms with E-state index in [0.29, 0.717) is 22.6 Å². The summed E-state index contributed by atoms with van der Waals surface area (Å²) in [4.78, 5) is 27.8. The summed E-state index contributed by atoms with van der Waals surface area (Å²) in [6.07, 6.45) is 3.98. The van der Waals surface area contributed by atoms with Crippen molar-refractivity contribution in [1.82, 2.24) is 0 Å². The molecule has 2 aromatic carbocycles. The van der Waals surface area contributed by atoms with Crippen LogP contribution in [0.25, 0.3) is 0 Å². The lowest BCUT2D eigenvalue weighted by Crippen LogP contribution is -2.18. The van der Waals surface area contributed by atoms with Crippen molar-refractivity contribution in [2.24, 2.45) is 0 Å². The summed E-state index contributed by atoms with van der Waals surface area (Å²) in [5.74, 6) is 0.958. The van der Waals surface area contributed by atoms with Crippen molar-refractivity contribution in [3.63, 3.8) is 0 Å². The van der Waals surface area contributed by atoms with Gasteiger partial charge in [-0.25, -0.2) is 0 Å². The smallest absolute Gasteiger partial charge is 0.199 e. The Hall–Kier alpha value is -2.19. The van der Waals surface area contributed by atoms with Crippen molar-refractivity contribution in [2.75, 3.05) is 14.2 Å². The molecule has 0 aromatic heterocycles. The molecule has 1 atom stereocenters. The first kappa shape index (κ1) is 22.5. The number of aryl methyl sites for hydroxylation is 4. The van der Waals surface area contributed by atoms with Crippen LogP contribution < -0.4 is 9.47 Å². The number of methoxy groups -OCH3 is 2. The maximum atomic E-state index is 14.0. The maximum Gasteiger partial charge on any atom is 0.199 e. The second-order valence-corrected chi connectivity index (χ2v) is 10.5. The lowest BCUT2D eigenvalue weighted by atomic mass is 10.0. The molecule has 2 aromatic rings. The summed E-state index contributed by atoms with van der Waals surface area (Å²) >= 11 is 0. The number of hydrogen-bond acceptors (Lipinski definition) is 4. The molecule has 5 heteroatoms. The van der Waals surface area contributed by atoms with Crippen LogP contribution in [0.1, 0.15) is 68.7 Å². The number of carbonyl (C=O) groups is 2. The van der Waals surface area contributed by atoms with Gasteiger partial charge < -0.3 is 9.47 Å². The quantitative estimate of drug-likeness (QED) is 0.485. The summed E-state index contributed by atoms with van der Waals surface area (Å²) < 4.78 is 11.1. The Morgan fingerprint density at radius 1 is 0.767 bits per heavy atom. The number of rotatable bonds is 7. The fraction of sp³-hybridized carbons (Fsp3) is 0.440. The number of benzene rings is 2. The third kappa shape index (κ3) is 4.30. The molecule has 4 nitrogen and oxygen atoms in total. The van der Waals surface area contributed by atoms with Crippen LogP contribution in [0.4, 0.5) is 0 Å². The van der Waals surface area contributed by atoms with E-state index in [2.05, 4.69) is 0 Å². The van der Waals surface area contributed by atoms with Gasteiger partial charge in [-0.3, -0.25) is 9.59 Å². The highest BCUT2D eigenvalue weighted by Gasteiger charge is 2.40. The first-order valence-electron chi connectivity index (χ1n) is 10.5. The zero-order valence-corrected chi connectivity index (χ0v) is 19.7. The Morgan fingerprint density at radius 3 is 1.67 bits per heavy atom. The maximum absolute atomic E-state index is 14.0. The van der Waals surface area contributed by atoms with Crippen molar-refractivity contribution < 1.29 is 19.1 Å². The Morgan fingerprint density at radius 2 is 1.20 bits per heavy atom. The van der Waals surface area contributed by atoms with Crippen LogP contribution in [-0.4, -0.2) is 30.9 Å². The van der Waals surface area contributed by atoms with Gasteiger partial charge >= 0.3 is 0 Å². The van der Waals surface area contributed by atoms with Crippen LogP contribution in [0, 0.1) is 27.7 Å². The fourth-order valence-electron chi connectivity index (χ4n) is 4.60. The Balaban J connectivity index is 2.15. The molecule has 3 rings (SSSR count). The van der Waals surface area contributed by atoms with E-state index in [1.165, 1.54) is 0 Å². The van der Waals surface area contributed by atoms with Gasteiger partial charge in [-0.1, -0.05) is 30.5 Å². The average molecular weight is 426 g/mol. The normalized spacial score (nSPS) is 15.1. The highest BCUT2D eigenvalue weighted by atomic mass is 31.1. The van der Waals surface area contributed by atoms with E-state index >= 15 is 0 Å². The predicted molar refractivity (Wildman–Crippen MR) is 123 cm³/mol.